The predicted octanol–water partition coefficient (Wildman–Crippen LogP) is 4.19. The molecule has 0 heterocycles. The summed E-state index contributed by atoms with van der Waals surface area (Å²) in [6.07, 6.45) is 1.47. The Morgan fingerprint density at radius 2 is 2.21 bits per heavy atom. The van der Waals surface area contributed by atoms with E-state index in [-0.39, 0.29) is 5.41 Å². The maximum Gasteiger partial charge on any atom is 0.0655 e. The van der Waals surface area contributed by atoms with Crippen molar-refractivity contribution in [3.05, 3.63) is 34.9 Å². The lowest BCUT2D eigenvalue weighted by molar-refractivity contribution is -0.116. The van der Waals surface area contributed by atoms with Crippen LogP contribution in [0.2, 0.25) is 5.02 Å². The molecule has 0 aliphatic heterocycles. The number of rotatable bonds is 5. The number of hydrogen-bond acceptors (Lipinski definition) is 2. The van der Waals surface area contributed by atoms with E-state index < -0.39 is 0 Å². The summed E-state index contributed by atoms with van der Waals surface area (Å²) >= 11 is 6.05. The Balaban J connectivity index is 1.96. The largest absolute Gasteiger partial charge is 0.378 e. The molecule has 1 N–H and O–H groups in total. The summed E-state index contributed by atoms with van der Waals surface area (Å²) < 4.78 is 5.77. The van der Waals surface area contributed by atoms with Gasteiger partial charge in [-0.1, -0.05) is 37.6 Å². The average Bonchev–Trinajstić information content (AvgIpc) is 2.37. The van der Waals surface area contributed by atoms with E-state index in [2.05, 4.69) is 39.1 Å². The summed E-state index contributed by atoms with van der Waals surface area (Å²) in [4.78, 5) is 0. The normalized spacial score (nSPS) is 26.8. The molecule has 1 aromatic carbocycles. The van der Waals surface area contributed by atoms with E-state index in [1.54, 1.807) is 0 Å². The van der Waals surface area contributed by atoms with Crippen LogP contribution in [0.15, 0.2) is 24.3 Å². The van der Waals surface area contributed by atoms with Crippen molar-refractivity contribution >= 4 is 11.6 Å². The lowest BCUT2D eigenvalue weighted by atomic mass is 9.64. The highest BCUT2D eigenvalue weighted by Crippen LogP contribution is 2.43. The van der Waals surface area contributed by atoms with Crippen LogP contribution in [0.4, 0.5) is 0 Å². The topological polar surface area (TPSA) is 21.3 Å². The summed E-state index contributed by atoms with van der Waals surface area (Å²) in [5.41, 5.74) is 1.44. The Bertz CT molecular complexity index is 433. The van der Waals surface area contributed by atoms with E-state index in [0.717, 1.165) is 18.1 Å². The number of benzene rings is 1. The van der Waals surface area contributed by atoms with E-state index in [0.29, 0.717) is 18.2 Å². The third kappa shape index (κ3) is 3.13. The van der Waals surface area contributed by atoms with E-state index in [9.17, 15) is 0 Å². The number of halogens is 1. The van der Waals surface area contributed by atoms with Gasteiger partial charge in [0.1, 0.15) is 0 Å². The van der Waals surface area contributed by atoms with Crippen molar-refractivity contribution in [3.8, 4) is 0 Å². The van der Waals surface area contributed by atoms with Crippen LogP contribution in [-0.2, 0) is 4.74 Å². The van der Waals surface area contributed by atoms with Crippen LogP contribution < -0.4 is 5.32 Å². The van der Waals surface area contributed by atoms with Crippen LogP contribution >= 0.6 is 11.6 Å². The zero-order valence-electron chi connectivity index (χ0n) is 12.2. The van der Waals surface area contributed by atoms with Gasteiger partial charge in [0.05, 0.1) is 6.10 Å². The summed E-state index contributed by atoms with van der Waals surface area (Å²) in [7, 11) is 0. The maximum atomic E-state index is 6.05. The van der Waals surface area contributed by atoms with Gasteiger partial charge < -0.3 is 10.1 Å². The zero-order chi connectivity index (χ0) is 14.0. The standard InChI is InChI=1S/C16H24ClNO/c1-5-19-15-10-14(16(15,3)4)18-11(2)12-7-6-8-13(17)9-12/h6-9,11,14-15,18H,5,10H2,1-4H3/t11-,14?,15?/m1/s1. The number of hydrogen-bond donors (Lipinski definition) is 1. The molecule has 1 saturated carbocycles. The summed E-state index contributed by atoms with van der Waals surface area (Å²) in [6.45, 7) is 9.60. The molecule has 0 radical (unpaired) electrons. The molecule has 0 aromatic heterocycles. The minimum absolute atomic E-state index is 0.197. The lowest BCUT2D eigenvalue weighted by Gasteiger charge is -2.52. The zero-order valence-corrected chi connectivity index (χ0v) is 13.0. The molecule has 3 atom stereocenters. The van der Waals surface area contributed by atoms with Crippen molar-refractivity contribution in [1.29, 1.82) is 0 Å². The second kappa shape index (κ2) is 5.82. The molecule has 1 fully saturated rings. The minimum Gasteiger partial charge on any atom is -0.378 e. The first-order valence-electron chi connectivity index (χ1n) is 7.08. The second-order valence-electron chi connectivity index (χ2n) is 6.00. The Kier molecular flexibility index (Phi) is 4.54. The van der Waals surface area contributed by atoms with Crippen molar-refractivity contribution in [2.24, 2.45) is 5.41 Å². The van der Waals surface area contributed by atoms with Crippen LogP contribution in [0.1, 0.15) is 45.7 Å². The van der Waals surface area contributed by atoms with E-state index in [4.69, 9.17) is 16.3 Å². The van der Waals surface area contributed by atoms with Gasteiger partial charge in [-0.2, -0.15) is 0 Å². The number of nitrogens with one attached hydrogen (secondary N) is 1. The van der Waals surface area contributed by atoms with Gasteiger partial charge in [0.15, 0.2) is 0 Å². The average molecular weight is 282 g/mol. The van der Waals surface area contributed by atoms with Gasteiger partial charge in [-0.25, -0.2) is 0 Å². The molecule has 0 spiro atoms. The van der Waals surface area contributed by atoms with Crippen molar-refractivity contribution in [2.75, 3.05) is 6.61 Å². The summed E-state index contributed by atoms with van der Waals surface area (Å²) in [6, 6.07) is 8.88. The molecule has 0 amide bonds. The third-order valence-corrected chi connectivity index (χ3v) is 4.58. The fourth-order valence-electron chi connectivity index (χ4n) is 2.83. The fourth-order valence-corrected chi connectivity index (χ4v) is 3.02. The highest BCUT2D eigenvalue weighted by Gasteiger charge is 2.49. The number of ether oxygens (including phenoxy) is 1. The van der Waals surface area contributed by atoms with Crippen LogP contribution in [0.3, 0.4) is 0 Å². The first kappa shape index (κ1) is 14.8. The molecule has 1 aliphatic carbocycles. The Morgan fingerprint density at radius 3 is 2.79 bits per heavy atom. The van der Waals surface area contributed by atoms with Crippen LogP contribution in [0.25, 0.3) is 0 Å². The van der Waals surface area contributed by atoms with E-state index in [1.165, 1.54) is 5.56 Å². The molecule has 1 aliphatic rings. The van der Waals surface area contributed by atoms with Gasteiger partial charge in [-0.3, -0.25) is 0 Å². The first-order valence-corrected chi connectivity index (χ1v) is 7.46. The van der Waals surface area contributed by atoms with Crippen molar-refractivity contribution in [1.82, 2.24) is 5.32 Å². The van der Waals surface area contributed by atoms with Crippen molar-refractivity contribution in [2.45, 2.75) is 52.3 Å². The molecule has 0 bridgehead atoms. The molecule has 2 unspecified atom stereocenters. The monoisotopic (exact) mass is 281 g/mol. The van der Waals surface area contributed by atoms with Gasteiger partial charge in [-0.05, 0) is 38.0 Å². The predicted molar refractivity (Wildman–Crippen MR) is 80.6 cm³/mol. The molecule has 2 rings (SSSR count). The SMILES string of the molecule is CCOC1CC(N[C@H](C)c2cccc(Cl)c2)C1(C)C. The molecule has 3 heteroatoms. The molecule has 19 heavy (non-hydrogen) atoms. The van der Waals surface area contributed by atoms with Crippen molar-refractivity contribution in [3.63, 3.8) is 0 Å². The Morgan fingerprint density at radius 1 is 1.47 bits per heavy atom. The van der Waals surface area contributed by atoms with Crippen molar-refractivity contribution < 1.29 is 4.74 Å². The van der Waals surface area contributed by atoms with Crippen LogP contribution in [-0.4, -0.2) is 18.8 Å². The molecular formula is C16H24ClNO. The third-order valence-electron chi connectivity index (χ3n) is 4.35. The van der Waals surface area contributed by atoms with Gasteiger partial charge in [0.25, 0.3) is 0 Å². The highest BCUT2D eigenvalue weighted by atomic mass is 35.5. The first-order chi connectivity index (χ1) is 8.95. The van der Waals surface area contributed by atoms with Gasteiger partial charge in [0.2, 0.25) is 0 Å². The summed E-state index contributed by atoms with van der Waals surface area (Å²) in [5, 5.41) is 4.50. The van der Waals surface area contributed by atoms with E-state index in [1.807, 2.05) is 18.2 Å². The highest BCUT2D eigenvalue weighted by molar-refractivity contribution is 6.30. The van der Waals surface area contributed by atoms with Gasteiger partial charge in [-0.15, -0.1) is 0 Å². The maximum absolute atomic E-state index is 6.05. The Labute approximate surface area is 121 Å². The van der Waals surface area contributed by atoms with Gasteiger partial charge in [0, 0.05) is 29.1 Å². The van der Waals surface area contributed by atoms with Gasteiger partial charge >= 0.3 is 0 Å². The molecule has 2 nitrogen and oxygen atoms in total. The summed E-state index contributed by atoms with van der Waals surface area (Å²) in [5.74, 6) is 0. The lowest BCUT2D eigenvalue weighted by Crippen LogP contribution is -2.61. The minimum atomic E-state index is 0.197. The second-order valence-corrected chi connectivity index (χ2v) is 6.43. The quantitative estimate of drug-likeness (QED) is 0.874. The van der Waals surface area contributed by atoms with E-state index >= 15 is 0 Å². The van der Waals surface area contributed by atoms with Crippen LogP contribution in [0, 0.1) is 5.41 Å². The fraction of sp³-hybridized carbons (Fsp3) is 0.625. The Hall–Kier alpha value is -0.570. The molecule has 106 valence electrons. The van der Waals surface area contributed by atoms with Crippen LogP contribution in [0.5, 0.6) is 0 Å². The molecule has 1 aromatic rings. The molecular weight excluding hydrogens is 258 g/mol. The molecule has 0 saturated heterocycles. The smallest absolute Gasteiger partial charge is 0.0655 e.